The van der Waals surface area contributed by atoms with Gasteiger partial charge in [0.05, 0.1) is 6.04 Å². The molecule has 3 atom stereocenters. The lowest BCUT2D eigenvalue weighted by Gasteiger charge is -2.37. The van der Waals surface area contributed by atoms with Gasteiger partial charge in [-0.25, -0.2) is 4.79 Å². The third-order valence-corrected chi connectivity index (χ3v) is 5.51. The number of nitrogens with zero attached hydrogens (tertiary/aromatic N) is 1. The highest BCUT2D eigenvalue weighted by Gasteiger charge is 2.34. The van der Waals surface area contributed by atoms with Crippen LogP contribution in [0.25, 0.3) is 0 Å². The van der Waals surface area contributed by atoms with Crippen LogP contribution in [0.3, 0.4) is 0 Å². The minimum absolute atomic E-state index is 0.0344. The monoisotopic (exact) mass is 405 g/mol. The van der Waals surface area contributed by atoms with E-state index in [4.69, 9.17) is 16.3 Å². The number of hydrogen-bond donors (Lipinski definition) is 2. The zero-order chi connectivity index (χ0) is 20.3. The quantitative estimate of drug-likeness (QED) is 0.762. The van der Waals surface area contributed by atoms with Crippen molar-refractivity contribution in [3.05, 3.63) is 46.1 Å². The molecule has 0 aromatic heterocycles. The molecule has 0 spiro atoms. The smallest absolute Gasteiger partial charge is 0.319 e. The lowest BCUT2D eigenvalue weighted by Crippen LogP contribution is -2.50. The topological polar surface area (TPSA) is 70.7 Å². The van der Waals surface area contributed by atoms with Gasteiger partial charge in [0.2, 0.25) is 0 Å². The van der Waals surface area contributed by atoms with Gasteiger partial charge in [0.15, 0.2) is 5.78 Å². The molecule has 28 heavy (non-hydrogen) atoms. The van der Waals surface area contributed by atoms with Crippen LogP contribution in [0.15, 0.2) is 35.5 Å². The molecule has 0 bridgehead atoms. The van der Waals surface area contributed by atoms with E-state index in [0.29, 0.717) is 34.7 Å². The van der Waals surface area contributed by atoms with Gasteiger partial charge in [0.1, 0.15) is 6.61 Å². The van der Waals surface area contributed by atoms with E-state index in [9.17, 15) is 9.59 Å². The third kappa shape index (κ3) is 4.93. The summed E-state index contributed by atoms with van der Waals surface area (Å²) in [6, 6.07) is 6.36. The summed E-state index contributed by atoms with van der Waals surface area (Å²) in [7, 11) is 1.50. The second-order valence-corrected chi connectivity index (χ2v) is 8.41. The van der Waals surface area contributed by atoms with Crippen molar-refractivity contribution in [1.29, 1.82) is 0 Å². The van der Waals surface area contributed by atoms with Crippen molar-refractivity contribution in [2.75, 3.05) is 33.4 Å². The molecule has 1 fully saturated rings. The summed E-state index contributed by atoms with van der Waals surface area (Å²) < 4.78 is 5.10. The first-order chi connectivity index (χ1) is 13.4. The van der Waals surface area contributed by atoms with Crippen LogP contribution in [-0.4, -0.2) is 50.1 Å². The summed E-state index contributed by atoms with van der Waals surface area (Å²) >= 11 is 6.01. The van der Waals surface area contributed by atoms with Gasteiger partial charge < -0.3 is 15.4 Å². The molecule has 152 valence electrons. The first kappa shape index (κ1) is 20.8. The molecule has 2 N–H and O–H groups in total. The van der Waals surface area contributed by atoms with Gasteiger partial charge in [-0.1, -0.05) is 37.6 Å². The van der Waals surface area contributed by atoms with Crippen LogP contribution >= 0.6 is 11.6 Å². The van der Waals surface area contributed by atoms with Crippen LogP contribution in [0, 0.1) is 11.8 Å². The number of rotatable bonds is 6. The van der Waals surface area contributed by atoms with Gasteiger partial charge in [-0.3, -0.25) is 9.69 Å². The Morgan fingerprint density at radius 2 is 1.86 bits per heavy atom. The van der Waals surface area contributed by atoms with Crippen molar-refractivity contribution >= 4 is 23.4 Å². The number of ether oxygens (including phenoxy) is 1. The van der Waals surface area contributed by atoms with Gasteiger partial charge in [0.25, 0.3) is 0 Å². The SMILES string of the molecule is COCC(=O)C1=C(CN2CC(C)CC(C)C2)NC(=O)NC1c1ccc(Cl)cc1. The Morgan fingerprint density at radius 1 is 1.21 bits per heavy atom. The fourth-order valence-electron chi connectivity index (χ4n) is 4.33. The van der Waals surface area contributed by atoms with Crippen molar-refractivity contribution in [3.8, 4) is 0 Å². The predicted molar refractivity (Wildman–Crippen MR) is 109 cm³/mol. The highest BCUT2D eigenvalue weighted by molar-refractivity contribution is 6.30. The molecule has 1 aromatic rings. The van der Waals surface area contributed by atoms with Crippen molar-refractivity contribution < 1.29 is 14.3 Å². The van der Waals surface area contributed by atoms with Crippen molar-refractivity contribution in [3.63, 3.8) is 0 Å². The molecule has 3 rings (SSSR count). The van der Waals surface area contributed by atoms with E-state index < -0.39 is 6.04 Å². The number of halogens is 1. The Bertz CT molecular complexity index is 753. The summed E-state index contributed by atoms with van der Waals surface area (Å²) in [5.74, 6) is 1.04. The van der Waals surface area contributed by atoms with Crippen molar-refractivity contribution in [2.24, 2.45) is 11.8 Å². The van der Waals surface area contributed by atoms with Crippen molar-refractivity contribution in [1.82, 2.24) is 15.5 Å². The molecule has 0 radical (unpaired) electrons. The molecule has 2 aliphatic rings. The minimum Gasteiger partial charge on any atom is -0.377 e. The lowest BCUT2D eigenvalue weighted by molar-refractivity contribution is -0.119. The second-order valence-electron chi connectivity index (χ2n) is 7.97. The summed E-state index contributed by atoms with van der Waals surface area (Å²) in [5.41, 5.74) is 2.03. The number of amides is 2. The van der Waals surface area contributed by atoms with Crippen LogP contribution < -0.4 is 10.6 Å². The standard InChI is InChI=1S/C21H28ClN3O3/c1-13-8-14(2)10-25(9-13)11-17-19(18(26)12-28-3)20(24-21(27)23-17)15-4-6-16(22)7-5-15/h4-7,13-14,20H,8-12H2,1-3H3,(H2,23,24,27). The first-order valence-electron chi connectivity index (χ1n) is 9.68. The number of nitrogens with one attached hydrogen (secondary N) is 2. The molecule has 2 heterocycles. The lowest BCUT2D eigenvalue weighted by atomic mass is 9.90. The number of hydrogen-bond acceptors (Lipinski definition) is 4. The average molecular weight is 406 g/mol. The molecule has 1 aromatic carbocycles. The number of likely N-dealkylation sites (tertiary alicyclic amines) is 1. The molecular weight excluding hydrogens is 378 g/mol. The second kappa shape index (κ2) is 9.07. The first-order valence-corrected chi connectivity index (χ1v) is 10.1. The fraction of sp³-hybridized carbons (Fsp3) is 0.524. The molecule has 0 saturated carbocycles. The number of carbonyl (C=O) groups is 2. The van der Waals surface area contributed by atoms with Crippen LogP contribution in [0.5, 0.6) is 0 Å². The number of ketones is 1. The van der Waals surface area contributed by atoms with Crippen LogP contribution in [-0.2, 0) is 9.53 Å². The zero-order valence-electron chi connectivity index (χ0n) is 16.6. The number of methoxy groups -OCH3 is 1. The maximum Gasteiger partial charge on any atom is 0.319 e. The normalized spacial score (nSPS) is 26.0. The van der Waals surface area contributed by atoms with E-state index in [0.717, 1.165) is 18.7 Å². The fourth-order valence-corrected chi connectivity index (χ4v) is 4.46. The average Bonchev–Trinajstić information content (AvgIpc) is 2.61. The summed E-state index contributed by atoms with van der Waals surface area (Å²) in [6.45, 7) is 6.89. The van der Waals surface area contributed by atoms with Gasteiger partial charge >= 0.3 is 6.03 Å². The van der Waals surface area contributed by atoms with Crippen molar-refractivity contribution in [2.45, 2.75) is 26.3 Å². The Morgan fingerprint density at radius 3 is 2.46 bits per heavy atom. The van der Waals surface area contributed by atoms with Crippen LogP contribution in [0.1, 0.15) is 31.9 Å². The predicted octanol–water partition coefficient (Wildman–Crippen LogP) is 3.14. The minimum atomic E-state index is -0.525. The van der Waals surface area contributed by atoms with Gasteiger partial charge in [-0.2, -0.15) is 0 Å². The maximum absolute atomic E-state index is 12.9. The van der Waals surface area contributed by atoms with Gasteiger partial charge in [-0.05, 0) is 36.0 Å². The van der Waals surface area contributed by atoms with Gasteiger partial charge in [0, 0.05) is 43.0 Å². The van der Waals surface area contributed by atoms with Crippen LogP contribution in [0.2, 0.25) is 5.02 Å². The Balaban J connectivity index is 1.96. The molecule has 2 amide bonds. The van der Waals surface area contributed by atoms with E-state index in [2.05, 4.69) is 29.4 Å². The Kier molecular flexibility index (Phi) is 6.75. The highest BCUT2D eigenvalue weighted by Crippen LogP contribution is 2.30. The number of benzene rings is 1. The summed E-state index contributed by atoms with van der Waals surface area (Å²) in [4.78, 5) is 27.6. The van der Waals surface area contributed by atoms with E-state index >= 15 is 0 Å². The highest BCUT2D eigenvalue weighted by atomic mass is 35.5. The summed E-state index contributed by atoms with van der Waals surface area (Å²) in [5, 5.41) is 6.37. The zero-order valence-corrected chi connectivity index (χ0v) is 17.4. The molecule has 6 nitrogen and oxygen atoms in total. The maximum atomic E-state index is 12.9. The number of carbonyl (C=O) groups excluding carboxylic acids is 2. The molecule has 3 unspecified atom stereocenters. The van der Waals surface area contributed by atoms with Gasteiger partial charge in [-0.15, -0.1) is 0 Å². The Labute approximate surface area is 171 Å². The summed E-state index contributed by atoms with van der Waals surface area (Å²) in [6.07, 6.45) is 1.20. The molecule has 7 heteroatoms. The Hall–Kier alpha value is -1.89. The molecule has 1 saturated heterocycles. The van der Waals surface area contributed by atoms with Crippen LogP contribution in [0.4, 0.5) is 4.79 Å². The van der Waals surface area contributed by atoms with E-state index in [-0.39, 0.29) is 18.4 Å². The molecular formula is C21H28ClN3O3. The third-order valence-electron chi connectivity index (χ3n) is 5.26. The van der Waals surface area contributed by atoms with E-state index in [1.807, 2.05) is 12.1 Å². The molecule has 2 aliphatic heterocycles. The van der Waals surface area contributed by atoms with E-state index in [1.54, 1.807) is 12.1 Å². The van der Waals surface area contributed by atoms with E-state index in [1.165, 1.54) is 13.5 Å². The number of piperidine rings is 1. The molecule has 0 aliphatic carbocycles. The number of Topliss-reactive ketones (excluding diaryl/α,β-unsaturated/α-hetero) is 1. The number of urea groups is 1. The largest absolute Gasteiger partial charge is 0.377 e.